The molecular weight excluding hydrogens is 226 g/mol. The molecule has 0 amide bonds. The van der Waals surface area contributed by atoms with E-state index in [-0.39, 0.29) is 0 Å². The van der Waals surface area contributed by atoms with Crippen LogP contribution in [0, 0.1) is 11.3 Å². The quantitative estimate of drug-likeness (QED) is 0.817. The van der Waals surface area contributed by atoms with Crippen molar-refractivity contribution < 1.29 is 4.74 Å². The number of hydrogen-bond donors (Lipinski definition) is 1. The molecule has 0 bridgehead atoms. The third-order valence-corrected chi connectivity index (χ3v) is 2.59. The molecule has 0 radical (unpaired) electrons. The zero-order valence-corrected chi connectivity index (χ0v) is 10.0. The van der Waals surface area contributed by atoms with Crippen molar-refractivity contribution in [1.82, 2.24) is 4.57 Å². The first-order chi connectivity index (χ1) is 8.78. The van der Waals surface area contributed by atoms with Gasteiger partial charge in [0.25, 0.3) is 0 Å². The summed E-state index contributed by atoms with van der Waals surface area (Å²) >= 11 is 0. The lowest BCUT2D eigenvalue weighted by Crippen LogP contribution is -2.03. The Kier molecular flexibility index (Phi) is 3.87. The number of nitrogen functional groups attached to an aromatic ring is 1. The first kappa shape index (κ1) is 12.1. The van der Waals surface area contributed by atoms with Crippen molar-refractivity contribution in [2.24, 2.45) is 0 Å². The van der Waals surface area contributed by atoms with E-state index in [2.05, 4.69) is 6.07 Å². The molecule has 2 N–H and O–H groups in total. The lowest BCUT2D eigenvalue weighted by atomic mass is 10.2. The normalized spacial score (nSPS) is 9.94. The van der Waals surface area contributed by atoms with E-state index in [9.17, 15) is 0 Å². The number of aromatic nitrogens is 1. The molecule has 0 spiro atoms. The van der Waals surface area contributed by atoms with Crippen LogP contribution in [0.4, 0.5) is 5.69 Å². The third kappa shape index (κ3) is 3.29. The SMILES string of the molecule is N#Cc1ccc(OCCCn2ccc(N)c2)cc1. The lowest BCUT2D eigenvalue weighted by Gasteiger charge is -2.06. The summed E-state index contributed by atoms with van der Waals surface area (Å²) in [4.78, 5) is 0. The smallest absolute Gasteiger partial charge is 0.119 e. The minimum absolute atomic E-state index is 0.643. The molecule has 0 saturated carbocycles. The van der Waals surface area contributed by atoms with Gasteiger partial charge in [0.2, 0.25) is 0 Å². The number of nitrogens with two attached hydrogens (primary N) is 1. The van der Waals surface area contributed by atoms with E-state index in [1.807, 2.05) is 35.2 Å². The molecule has 0 saturated heterocycles. The first-order valence-electron chi connectivity index (χ1n) is 5.82. The predicted molar refractivity (Wildman–Crippen MR) is 70.1 cm³/mol. The van der Waals surface area contributed by atoms with Crippen LogP contribution in [0.2, 0.25) is 0 Å². The molecule has 1 aromatic heterocycles. The number of anilines is 1. The lowest BCUT2D eigenvalue weighted by molar-refractivity contribution is 0.302. The Balaban J connectivity index is 1.73. The third-order valence-electron chi connectivity index (χ3n) is 2.59. The highest BCUT2D eigenvalue weighted by Gasteiger charge is 1.96. The van der Waals surface area contributed by atoms with Crippen LogP contribution in [0.5, 0.6) is 5.75 Å². The van der Waals surface area contributed by atoms with Crippen LogP contribution in [0.15, 0.2) is 42.7 Å². The Morgan fingerprint density at radius 2 is 2.00 bits per heavy atom. The van der Waals surface area contributed by atoms with E-state index in [1.165, 1.54) is 0 Å². The van der Waals surface area contributed by atoms with Gasteiger partial charge in [0, 0.05) is 24.6 Å². The molecule has 4 nitrogen and oxygen atoms in total. The number of benzene rings is 1. The maximum Gasteiger partial charge on any atom is 0.119 e. The molecular formula is C14H15N3O. The zero-order valence-electron chi connectivity index (χ0n) is 10.0. The standard InChI is InChI=1S/C14H15N3O/c15-10-12-2-4-14(5-3-12)18-9-1-7-17-8-6-13(16)11-17/h2-6,8,11H,1,7,9,16H2. The number of nitrogens with zero attached hydrogens (tertiary/aromatic N) is 2. The summed E-state index contributed by atoms with van der Waals surface area (Å²) < 4.78 is 7.62. The van der Waals surface area contributed by atoms with Crippen molar-refractivity contribution in [3.05, 3.63) is 48.3 Å². The number of hydrogen-bond acceptors (Lipinski definition) is 3. The van der Waals surface area contributed by atoms with Crippen molar-refractivity contribution in [3.63, 3.8) is 0 Å². The average molecular weight is 241 g/mol. The molecule has 0 unspecified atom stereocenters. The van der Waals surface area contributed by atoms with Gasteiger partial charge >= 0.3 is 0 Å². The molecule has 4 heteroatoms. The molecule has 2 aromatic rings. The summed E-state index contributed by atoms with van der Waals surface area (Å²) in [7, 11) is 0. The van der Waals surface area contributed by atoms with Gasteiger partial charge in [-0.2, -0.15) is 5.26 Å². The highest BCUT2D eigenvalue weighted by molar-refractivity contribution is 5.35. The van der Waals surface area contributed by atoms with Crippen molar-refractivity contribution in [2.45, 2.75) is 13.0 Å². The molecule has 18 heavy (non-hydrogen) atoms. The molecule has 2 rings (SSSR count). The highest BCUT2D eigenvalue weighted by atomic mass is 16.5. The Morgan fingerprint density at radius 1 is 1.22 bits per heavy atom. The Labute approximate surface area is 106 Å². The van der Waals surface area contributed by atoms with E-state index >= 15 is 0 Å². The van der Waals surface area contributed by atoms with Crippen molar-refractivity contribution >= 4 is 5.69 Å². The number of aryl methyl sites for hydroxylation is 1. The molecule has 0 fully saturated rings. The summed E-state index contributed by atoms with van der Waals surface area (Å²) in [5.74, 6) is 0.793. The molecule has 1 heterocycles. The number of nitriles is 1. The van der Waals surface area contributed by atoms with Gasteiger partial charge < -0.3 is 15.0 Å². The Bertz CT molecular complexity index is 537. The van der Waals surface area contributed by atoms with E-state index in [4.69, 9.17) is 15.7 Å². The van der Waals surface area contributed by atoms with Crippen molar-refractivity contribution in [3.8, 4) is 11.8 Å². The summed E-state index contributed by atoms with van der Waals surface area (Å²) in [6.07, 6.45) is 4.77. The highest BCUT2D eigenvalue weighted by Crippen LogP contribution is 2.12. The fourth-order valence-electron chi connectivity index (χ4n) is 1.66. The van der Waals surface area contributed by atoms with E-state index in [0.717, 1.165) is 24.4 Å². The second-order valence-corrected chi connectivity index (χ2v) is 4.02. The van der Waals surface area contributed by atoms with Crippen LogP contribution in [-0.4, -0.2) is 11.2 Å². The molecule has 1 aromatic carbocycles. The second-order valence-electron chi connectivity index (χ2n) is 4.02. The van der Waals surface area contributed by atoms with Gasteiger partial charge in [-0.25, -0.2) is 0 Å². The fraction of sp³-hybridized carbons (Fsp3) is 0.214. The maximum absolute atomic E-state index is 8.67. The fourth-order valence-corrected chi connectivity index (χ4v) is 1.66. The summed E-state index contributed by atoms with van der Waals surface area (Å²) in [5, 5.41) is 8.67. The second kappa shape index (κ2) is 5.78. The van der Waals surface area contributed by atoms with Crippen molar-refractivity contribution in [2.75, 3.05) is 12.3 Å². The Morgan fingerprint density at radius 3 is 2.61 bits per heavy atom. The molecule has 0 aliphatic carbocycles. The van der Waals surface area contributed by atoms with Gasteiger partial charge in [-0.05, 0) is 36.8 Å². The summed E-state index contributed by atoms with van der Waals surface area (Å²) in [5.41, 5.74) is 7.05. The average Bonchev–Trinajstić information content (AvgIpc) is 2.81. The van der Waals surface area contributed by atoms with Gasteiger partial charge in [-0.1, -0.05) is 0 Å². The summed E-state index contributed by atoms with van der Waals surface area (Å²) in [6, 6.07) is 11.1. The van der Waals surface area contributed by atoms with Gasteiger partial charge in [-0.3, -0.25) is 0 Å². The molecule has 0 aliphatic heterocycles. The van der Waals surface area contributed by atoms with Crippen LogP contribution >= 0.6 is 0 Å². The first-order valence-corrected chi connectivity index (χ1v) is 5.82. The maximum atomic E-state index is 8.67. The van der Waals surface area contributed by atoms with Crippen LogP contribution < -0.4 is 10.5 Å². The molecule has 0 aliphatic rings. The largest absolute Gasteiger partial charge is 0.494 e. The van der Waals surface area contributed by atoms with Gasteiger partial charge in [0.1, 0.15) is 5.75 Å². The van der Waals surface area contributed by atoms with Gasteiger partial charge in [-0.15, -0.1) is 0 Å². The van der Waals surface area contributed by atoms with E-state index < -0.39 is 0 Å². The van der Waals surface area contributed by atoms with Crippen LogP contribution in [0.3, 0.4) is 0 Å². The zero-order chi connectivity index (χ0) is 12.8. The minimum Gasteiger partial charge on any atom is -0.494 e. The van der Waals surface area contributed by atoms with Gasteiger partial charge in [0.15, 0.2) is 0 Å². The minimum atomic E-state index is 0.643. The van der Waals surface area contributed by atoms with Crippen LogP contribution in [0.25, 0.3) is 0 Å². The number of ether oxygens (including phenoxy) is 1. The summed E-state index contributed by atoms with van der Waals surface area (Å²) in [6.45, 7) is 1.53. The predicted octanol–water partition coefficient (Wildman–Crippen LogP) is 2.41. The topological polar surface area (TPSA) is 64.0 Å². The van der Waals surface area contributed by atoms with Crippen LogP contribution in [-0.2, 0) is 6.54 Å². The molecule has 0 atom stereocenters. The van der Waals surface area contributed by atoms with E-state index in [0.29, 0.717) is 12.2 Å². The van der Waals surface area contributed by atoms with E-state index in [1.54, 1.807) is 12.1 Å². The van der Waals surface area contributed by atoms with Gasteiger partial charge in [0.05, 0.1) is 18.2 Å². The van der Waals surface area contributed by atoms with Crippen molar-refractivity contribution in [1.29, 1.82) is 5.26 Å². The molecule has 92 valence electrons. The van der Waals surface area contributed by atoms with Crippen LogP contribution in [0.1, 0.15) is 12.0 Å². The number of rotatable bonds is 5. The Hall–Kier alpha value is -2.41. The monoisotopic (exact) mass is 241 g/mol.